The van der Waals surface area contributed by atoms with Crippen LogP contribution in [0, 0.1) is 0 Å². The Hall–Kier alpha value is -2.09. The van der Waals surface area contributed by atoms with Gasteiger partial charge in [0, 0.05) is 17.6 Å². The van der Waals surface area contributed by atoms with Crippen LogP contribution in [-0.4, -0.2) is 22.9 Å². The van der Waals surface area contributed by atoms with E-state index in [1.165, 1.54) is 5.56 Å². The van der Waals surface area contributed by atoms with Gasteiger partial charge in [-0.1, -0.05) is 55.5 Å². The van der Waals surface area contributed by atoms with E-state index in [4.69, 9.17) is 0 Å². The van der Waals surface area contributed by atoms with Gasteiger partial charge in [0.25, 0.3) is 5.91 Å². The average molecular weight is 295 g/mol. The standard InChI is InChI=1S/C20H25NO/c1-4-19(15-17-11-7-5-8-12-17)21(16(2)3)20(22)18-13-9-6-10-14-18/h5-14,16,19H,4,15H2,1-3H3/t19-/m0/s1. The van der Waals surface area contributed by atoms with Crippen molar-refractivity contribution in [2.45, 2.75) is 45.7 Å². The van der Waals surface area contributed by atoms with Gasteiger partial charge in [0.05, 0.1) is 0 Å². The summed E-state index contributed by atoms with van der Waals surface area (Å²) in [5.74, 6) is 0.124. The minimum Gasteiger partial charge on any atom is -0.333 e. The number of hydrogen-bond donors (Lipinski definition) is 0. The van der Waals surface area contributed by atoms with Crippen molar-refractivity contribution in [3.8, 4) is 0 Å². The van der Waals surface area contributed by atoms with Crippen LogP contribution in [0.2, 0.25) is 0 Å². The van der Waals surface area contributed by atoms with Crippen molar-refractivity contribution >= 4 is 5.91 Å². The van der Waals surface area contributed by atoms with Crippen molar-refractivity contribution < 1.29 is 4.79 Å². The van der Waals surface area contributed by atoms with E-state index in [1.54, 1.807) is 0 Å². The molecule has 2 aromatic rings. The highest BCUT2D eigenvalue weighted by Crippen LogP contribution is 2.18. The van der Waals surface area contributed by atoms with Crippen LogP contribution >= 0.6 is 0 Å². The SMILES string of the molecule is CC[C@@H](Cc1ccccc1)N(C(=O)c1ccccc1)C(C)C. The van der Waals surface area contributed by atoms with Crippen LogP contribution in [0.4, 0.5) is 0 Å². The average Bonchev–Trinajstić information content (AvgIpc) is 2.55. The zero-order chi connectivity index (χ0) is 15.9. The molecule has 22 heavy (non-hydrogen) atoms. The molecule has 2 heteroatoms. The summed E-state index contributed by atoms with van der Waals surface area (Å²) < 4.78 is 0. The Kier molecular flexibility index (Phi) is 5.76. The van der Waals surface area contributed by atoms with Gasteiger partial charge in [-0.3, -0.25) is 4.79 Å². The molecule has 2 nitrogen and oxygen atoms in total. The fourth-order valence-corrected chi connectivity index (χ4v) is 2.88. The third-order valence-electron chi connectivity index (χ3n) is 3.99. The Bertz CT molecular complexity index is 577. The highest BCUT2D eigenvalue weighted by atomic mass is 16.2. The second kappa shape index (κ2) is 7.79. The van der Waals surface area contributed by atoms with Crippen LogP contribution in [0.3, 0.4) is 0 Å². The Morgan fingerprint density at radius 3 is 2.00 bits per heavy atom. The second-order valence-corrected chi connectivity index (χ2v) is 5.92. The van der Waals surface area contributed by atoms with Gasteiger partial charge in [0.1, 0.15) is 0 Å². The quantitative estimate of drug-likeness (QED) is 0.765. The van der Waals surface area contributed by atoms with E-state index in [0.717, 1.165) is 18.4 Å². The van der Waals surface area contributed by atoms with Gasteiger partial charge in [0.2, 0.25) is 0 Å². The van der Waals surface area contributed by atoms with Crippen LogP contribution in [0.15, 0.2) is 60.7 Å². The number of amides is 1. The molecule has 0 aliphatic heterocycles. The van der Waals surface area contributed by atoms with Gasteiger partial charge >= 0.3 is 0 Å². The summed E-state index contributed by atoms with van der Waals surface area (Å²) in [6, 6.07) is 20.4. The molecule has 1 atom stereocenters. The lowest BCUT2D eigenvalue weighted by atomic mass is 10.00. The molecule has 0 aliphatic carbocycles. The molecule has 0 aliphatic rings. The van der Waals surface area contributed by atoms with Crippen LogP contribution in [0.25, 0.3) is 0 Å². The molecule has 116 valence electrons. The van der Waals surface area contributed by atoms with E-state index in [-0.39, 0.29) is 18.0 Å². The molecule has 0 saturated heterocycles. The number of benzene rings is 2. The minimum atomic E-state index is 0.124. The summed E-state index contributed by atoms with van der Waals surface area (Å²) in [6.45, 7) is 6.34. The van der Waals surface area contributed by atoms with Crippen LogP contribution in [0.1, 0.15) is 43.1 Å². The molecule has 0 heterocycles. The summed E-state index contributed by atoms with van der Waals surface area (Å²) in [6.07, 6.45) is 1.85. The summed E-state index contributed by atoms with van der Waals surface area (Å²) >= 11 is 0. The lowest BCUT2D eigenvalue weighted by molar-refractivity contribution is 0.0601. The molecule has 0 radical (unpaired) electrons. The fourth-order valence-electron chi connectivity index (χ4n) is 2.88. The Morgan fingerprint density at radius 2 is 1.50 bits per heavy atom. The molecule has 2 aromatic carbocycles. The van der Waals surface area contributed by atoms with E-state index in [9.17, 15) is 4.79 Å². The van der Waals surface area contributed by atoms with Crippen molar-refractivity contribution in [2.75, 3.05) is 0 Å². The Labute approximate surface area is 133 Å². The van der Waals surface area contributed by atoms with E-state index < -0.39 is 0 Å². The van der Waals surface area contributed by atoms with Crippen LogP contribution < -0.4 is 0 Å². The number of carbonyl (C=O) groups excluding carboxylic acids is 1. The molecule has 2 rings (SSSR count). The fraction of sp³-hybridized carbons (Fsp3) is 0.350. The molecule has 0 fully saturated rings. The van der Waals surface area contributed by atoms with E-state index >= 15 is 0 Å². The van der Waals surface area contributed by atoms with Crippen LogP contribution in [-0.2, 0) is 6.42 Å². The largest absolute Gasteiger partial charge is 0.333 e. The highest BCUT2D eigenvalue weighted by molar-refractivity contribution is 5.94. The second-order valence-electron chi connectivity index (χ2n) is 5.92. The molecule has 0 aromatic heterocycles. The maximum absolute atomic E-state index is 12.9. The molecule has 1 amide bonds. The van der Waals surface area contributed by atoms with Gasteiger partial charge in [-0.15, -0.1) is 0 Å². The van der Waals surface area contributed by atoms with Crippen molar-refractivity contribution in [3.05, 3.63) is 71.8 Å². The lowest BCUT2D eigenvalue weighted by Crippen LogP contribution is -2.45. The summed E-state index contributed by atoms with van der Waals surface area (Å²) in [5, 5.41) is 0. The first-order valence-electron chi connectivity index (χ1n) is 8.05. The number of carbonyl (C=O) groups is 1. The number of rotatable bonds is 6. The summed E-state index contributed by atoms with van der Waals surface area (Å²) in [5.41, 5.74) is 2.04. The van der Waals surface area contributed by atoms with Crippen molar-refractivity contribution in [1.82, 2.24) is 4.90 Å². The van der Waals surface area contributed by atoms with Crippen LogP contribution in [0.5, 0.6) is 0 Å². The Balaban J connectivity index is 2.23. The van der Waals surface area contributed by atoms with Crippen molar-refractivity contribution in [3.63, 3.8) is 0 Å². The van der Waals surface area contributed by atoms with E-state index in [0.29, 0.717) is 0 Å². The van der Waals surface area contributed by atoms with Gasteiger partial charge in [-0.25, -0.2) is 0 Å². The first kappa shape index (κ1) is 16.3. The van der Waals surface area contributed by atoms with Gasteiger partial charge in [-0.05, 0) is 44.4 Å². The zero-order valence-corrected chi connectivity index (χ0v) is 13.7. The molecule has 0 N–H and O–H groups in total. The molecular weight excluding hydrogens is 270 g/mol. The predicted molar refractivity (Wildman–Crippen MR) is 92.0 cm³/mol. The summed E-state index contributed by atoms with van der Waals surface area (Å²) in [4.78, 5) is 14.9. The third-order valence-corrected chi connectivity index (χ3v) is 3.99. The smallest absolute Gasteiger partial charge is 0.254 e. The molecule has 0 unspecified atom stereocenters. The van der Waals surface area contributed by atoms with E-state index in [2.05, 4.69) is 45.0 Å². The molecule has 0 saturated carbocycles. The first-order chi connectivity index (χ1) is 10.6. The Morgan fingerprint density at radius 1 is 0.955 bits per heavy atom. The predicted octanol–water partition coefficient (Wildman–Crippen LogP) is 4.56. The monoisotopic (exact) mass is 295 g/mol. The molecular formula is C20H25NO. The maximum Gasteiger partial charge on any atom is 0.254 e. The normalized spacial score (nSPS) is 12.2. The van der Waals surface area contributed by atoms with Gasteiger partial charge in [0.15, 0.2) is 0 Å². The van der Waals surface area contributed by atoms with Crippen molar-refractivity contribution in [2.24, 2.45) is 0 Å². The topological polar surface area (TPSA) is 20.3 Å². The molecule has 0 bridgehead atoms. The highest BCUT2D eigenvalue weighted by Gasteiger charge is 2.26. The number of hydrogen-bond acceptors (Lipinski definition) is 1. The van der Waals surface area contributed by atoms with Gasteiger partial charge in [-0.2, -0.15) is 0 Å². The maximum atomic E-state index is 12.9. The zero-order valence-electron chi connectivity index (χ0n) is 13.7. The minimum absolute atomic E-state index is 0.124. The lowest BCUT2D eigenvalue weighted by Gasteiger charge is -2.35. The van der Waals surface area contributed by atoms with Gasteiger partial charge < -0.3 is 4.90 Å². The molecule has 0 spiro atoms. The first-order valence-corrected chi connectivity index (χ1v) is 8.05. The third kappa shape index (κ3) is 3.97. The number of nitrogens with zero attached hydrogens (tertiary/aromatic N) is 1. The summed E-state index contributed by atoms with van der Waals surface area (Å²) in [7, 11) is 0. The van der Waals surface area contributed by atoms with E-state index in [1.807, 2.05) is 41.3 Å². The van der Waals surface area contributed by atoms with Crippen molar-refractivity contribution in [1.29, 1.82) is 0 Å².